The molecular formula is C57H36N4O. The Bertz CT molecular complexity index is 3970. The van der Waals surface area contributed by atoms with Crippen molar-refractivity contribution in [3.05, 3.63) is 218 Å². The molecule has 290 valence electrons. The Kier molecular flexibility index (Phi) is 6.67. The molecular weight excluding hydrogens is 757 g/mol. The Balaban J connectivity index is 1.20. The van der Waals surface area contributed by atoms with Crippen molar-refractivity contribution in [3.63, 3.8) is 0 Å². The molecule has 0 amide bonds. The minimum atomic E-state index is -0.528. The lowest BCUT2D eigenvalue weighted by atomic mass is 9.92. The Morgan fingerprint density at radius 3 is 1.50 bits per heavy atom. The summed E-state index contributed by atoms with van der Waals surface area (Å²) in [4.78, 5) is 15.3. The molecule has 0 N–H and O–H groups in total. The predicted octanol–water partition coefficient (Wildman–Crippen LogP) is 14.9. The average Bonchev–Trinajstić information content (AvgIpc) is 3.98. The average molecular weight is 801 g/mol. The normalized spacial score (nSPS) is 13.4. The van der Waals surface area contributed by atoms with Crippen LogP contribution in [0.2, 0.25) is 0 Å². The number of rotatable bonds is 7. The fraction of sp³-hybridized carbons (Fsp3) is 0. The highest BCUT2D eigenvalue weighted by atomic mass is 16.3. The Hall–Kier alpha value is -8.41. The van der Waals surface area contributed by atoms with E-state index in [1.54, 1.807) is 0 Å². The third-order valence-corrected chi connectivity index (χ3v) is 11.3. The van der Waals surface area contributed by atoms with Crippen LogP contribution in [0.15, 0.2) is 223 Å². The van der Waals surface area contributed by atoms with Crippen LogP contribution in [0.4, 0.5) is 0 Å². The predicted molar refractivity (Wildman–Crippen MR) is 254 cm³/mol. The first-order valence-electron chi connectivity index (χ1n) is 24.2. The van der Waals surface area contributed by atoms with Crippen LogP contribution < -0.4 is 0 Å². The maximum absolute atomic E-state index is 9.46. The lowest BCUT2D eigenvalue weighted by Crippen LogP contribution is -2.04. The van der Waals surface area contributed by atoms with Crippen LogP contribution in [0.25, 0.3) is 117 Å². The third-order valence-electron chi connectivity index (χ3n) is 11.3. The Labute approximate surface area is 369 Å². The van der Waals surface area contributed by atoms with Crippen molar-refractivity contribution in [2.24, 2.45) is 0 Å². The van der Waals surface area contributed by atoms with Gasteiger partial charge in [0, 0.05) is 38.2 Å². The monoisotopic (exact) mass is 800 g/mol. The van der Waals surface area contributed by atoms with E-state index in [0.29, 0.717) is 45.2 Å². The zero-order valence-corrected chi connectivity index (χ0v) is 32.9. The molecule has 0 aliphatic carbocycles. The maximum atomic E-state index is 9.46. The summed E-state index contributed by atoms with van der Waals surface area (Å²) in [6.07, 6.45) is 0. The quantitative estimate of drug-likeness (QED) is 0.161. The molecule has 12 rings (SSSR count). The van der Waals surface area contributed by atoms with E-state index in [-0.39, 0.29) is 27.6 Å². The van der Waals surface area contributed by atoms with Crippen LogP contribution in [0.1, 0.15) is 11.0 Å². The minimum Gasteiger partial charge on any atom is -0.456 e. The molecule has 0 unspecified atom stereocenters. The number of fused-ring (bicyclic) bond motifs is 6. The summed E-state index contributed by atoms with van der Waals surface area (Å²) < 4.78 is 80.5. The van der Waals surface area contributed by atoms with E-state index in [1.807, 2.05) is 127 Å². The van der Waals surface area contributed by atoms with Crippen molar-refractivity contribution in [1.29, 1.82) is 0 Å². The summed E-state index contributed by atoms with van der Waals surface area (Å²) >= 11 is 0. The van der Waals surface area contributed by atoms with E-state index in [0.717, 1.165) is 44.2 Å². The zero-order valence-electron chi connectivity index (χ0n) is 40.9. The van der Waals surface area contributed by atoms with E-state index in [9.17, 15) is 5.48 Å². The van der Waals surface area contributed by atoms with Gasteiger partial charge >= 0.3 is 0 Å². The number of benzene rings is 9. The van der Waals surface area contributed by atoms with Crippen LogP contribution >= 0.6 is 0 Å². The van der Waals surface area contributed by atoms with Gasteiger partial charge in [-0.05, 0) is 94.0 Å². The molecule has 0 saturated carbocycles. The number of hydrogen-bond donors (Lipinski definition) is 0. The largest absolute Gasteiger partial charge is 0.456 e. The van der Waals surface area contributed by atoms with Gasteiger partial charge < -0.3 is 8.98 Å². The lowest BCUT2D eigenvalue weighted by molar-refractivity contribution is 0.669. The molecule has 62 heavy (non-hydrogen) atoms. The van der Waals surface area contributed by atoms with Crippen molar-refractivity contribution in [2.45, 2.75) is 0 Å². The molecule has 0 aliphatic rings. The molecule has 3 heterocycles. The molecule has 0 radical (unpaired) electrons. The summed E-state index contributed by atoms with van der Waals surface area (Å²) in [5.41, 5.74) is 8.84. The molecule has 0 fully saturated rings. The van der Waals surface area contributed by atoms with E-state index in [1.165, 1.54) is 4.57 Å². The molecule has 5 nitrogen and oxygen atoms in total. The van der Waals surface area contributed by atoms with Crippen molar-refractivity contribution >= 4 is 43.7 Å². The molecule has 3 aromatic heterocycles. The summed E-state index contributed by atoms with van der Waals surface area (Å²) in [6, 6.07) is 51.5. The summed E-state index contributed by atoms with van der Waals surface area (Å²) in [7, 11) is 0. The minimum absolute atomic E-state index is 0.0256. The van der Waals surface area contributed by atoms with Gasteiger partial charge in [-0.1, -0.05) is 158 Å². The zero-order chi connectivity index (χ0) is 47.9. The fourth-order valence-corrected chi connectivity index (χ4v) is 8.34. The van der Waals surface area contributed by atoms with Crippen LogP contribution in [-0.2, 0) is 0 Å². The molecule has 0 atom stereocenters. The molecule has 0 spiro atoms. The molecule has 0 aliphatic heterocycles. The molecule has 5 heteroatoms. The molecule has 12 aromatic rings. The van der Waals surface area contributed by atoms with Crippen LogP contribution in [0.5, 0.6) is 0 Å². The van der Waals surface area contributed by atoms with Gasteiger partial charge in [0.05, 0.1) is 27.7 Å². The molecule has 0 bridgehead atoms. The van der Waals surface area contributed by atoms with E-state index in [2.05, 4.69) is 42.5 Å². The first kappa shape index (κ1) is 28.1. The van der Waals surface area contributed by atoms with Crippen LogP contribution in [0, 0.1) is 0 Å². The topological polar surface area (TPSA) is 56.7 Å². The van der Waals surface area contributed by atoms with Gasteiger partial charge in [-0.25, -0.2) is 15.0 Å². The summed E-state index contributed by atoms with van der Waals surface area (Å²) in [6.45, 7) is 0. The summed E-state index contributed by atoms with van der Waals surface area (Å²) in [5.74, 6) is 0.889. The summed E-state index contributed by atoms with van der Waals surface area (Å²) in [5, 5.41) is 1.83. The number of para-hydroxylation sites is 3. The highest BCUT2D eigenvalue weighted by Gasteiger charge is 2.21. The number of nitrogens with zero attached hydrogens (tertiary/aromatic N) is 4. The van der Waals surface area contributed by atoms with Gasteiger partial charge in [0.1, 0.15) is 11.2 Å². The second-order valence-electron chi connectivity index (χ2n) is 15.0. The first-order valence-corrected chi connectivity index (χ1v) is 20.2. The van der Waals surface area contributed by atoms with E-state index < -0.39 is 48.3 Å². The van der Waals surface area contributed by atoms with Crippen molar-refractivity contribution in [2.75, 3.05) is 0 Å². The van der Waals surface area contributed by atoms with Gasteiger partial charge in [-0.2, -0.15) is 0 Å². The second-order valence-corrected chi connectivity index (χ2v) is 15.0. The highest BCUT2D eigenvalue weighted by molar-refractivity contribution is 6.10. The van der Waals surface area contributed by atoms with Gasteiger partial charge in [-0.15, -0.1) is 0 Å². The fourth-order valence-electron chi connectivity index (χ4n) is 8.34. The Morgan fingerprint density at radius 1 is 0.355 bits per heavy atom. The maximum Gasteiger partial charge on any atom is 0.166 e. The number of furan rings is 1. The Morgan fingerprint density at radius 2 is 0.855 bits per heavy atom. The van der Waals surface area contributed by atoms with Gasteiger partial charge in [0.2, 0.25) is 0 Å². The van der Waals surface area contributed by atoms with Gasteiger partial charge in [0.25, 0.3) is 0 Å². The van der Waals surface area contributed by atoms with Gasteiger partial charge in [0.15, 0.2) is 17.5 Å². The number of hydrogen-bond acceptors (Lipinski definition) is 4. The van der Waals surface area contributed by atoms with E-state index in [4.69, 9.17) is 24.9 Å². The van der Waals surface area contributed by atoms with Crippen molar-refractivity contribution in [1.82, 2.24) is 19.5 Å². The number of aromatic nitrogens is 4. The highest BCUT2D eigenvalue weighted by Crippen LogP contribution is 2.40. The SMILES string of the molecule is [2H]c1c([2H])c([2H])c2c(c1[2H])c1c([2H])c([2H])c([2H])c([2H])c1n2-c1cc(-c2cc(-c3ccccc3)cc(-c3ccccc3)c2)ccc1-c1nc(-c2ccccc2)nc(-c2ccc3c(c2)oc2ccccc23)n1. The van der Waals surface area contributed by atoms with Crippen LogP contribution in [0.3, 0.4) is 0 Å². The third kappa shape index (κ3) is 6.14. The van der Waals surface area contributed by atoms with E-state index >= 15 is 0 Å². The van der Waals surface area contributed by atoms with Crippen molar-refractivity contribution in [3.8, 4) is 73.2 Å². The van der Waals surface area contributed by atoms with Crippen LogP contribution in [-0.4, -0.2) is 19.5 Å². The standard InChI is InChI=1S/C57H36N4O/c1-4-16-37(17-5-1)42-32-43(38-18-6-2-7-19-38)34-44(33-42)40-28-31-49(52(35-40)61-50-25-13-10-22-45(50)46-23-11-14-26-51(46)61)57-59-55(39-20-8-3-9-21-39)58-56(60-57)41-29-30-48-47-24-12-15-27-53(47)62-54(48)36-41/h1-36H/i10D,11D,13D,14D,22D,23D,25D,26D. The first-order chi connectivity index (χ1) is 34.0. The molecule has 9 aromatic carbocycles. The second kappa shape index (κ2) is 14.7. The lowest BCUT2D eigenvalue weighted by Gasteiger charge is -2.17. The van der Waals surface area contributed by atoms with Crippen molar-refractivity contribution < 1.29 is 15.4 Å². The molecule has 0 saturated heterocycles. The van der Waals surface area contributed by atoms with Gasteiger partial charge in [-0.3, -0.25) is 0 Å². The smallest absolute Gasteiger partial charge is 0.166 e.